The summed E-state index contributed by atoms with van der Waals surface area (Å²) in [5.74, 6) is 0.473. The van der Waals surface area contributed by atoms with E-state index < -0.39 is 5.60 Å². The largest absolute Gasteiger partial charge is 0.490 e. The fraction of sp³-hybridized carbons (Fsp3) is 0.625. The lowest BCUT2D eigenvalue weighted by atomic mass is 10.1. The highest BCUT2D eigenvalue weighted by molar-refractivity contribution is 5.34. The summed E-state index contributed by atoms with van der Waals surface area (Å²) in [5.41, 5.74) is 0.00259. The van der Waals surface area contributed by atoms with Gasteiger partial charge >= 0.3 is 0 Å². The van der Waals surface area contributed by atoms with Gasteiger partial charge in [-0.05, 0) is 32.4 Å². The van der Waals surface area contributed by atoms with Gasteiger partial charge in [0.25, 0.3) is 0 Å². The van der Waals surface area contributed by atoms with Gasteiger partial charge in [0.2, 0.25) is 0 Å². The van der Waals surface area contributed by atoms with Crippen molar-refractivity contribution in [2.24, 2.45) is 5.92 Å². The Balaban J connectivity index is 2.63. The van der Waals surface area contributed by atoms with Crippen molar-refractivity contribution in [1.82, 2.24) is 5.32 Å². The van der Waals surface area contributed by atoms with Crippen LogP contribution in [0.25, 0.3) is 0 Å². The molecule has 0 heterocycles. The minimum Gasteiger partial charge on any atom is -0.490 e. The highest BCUT2D eigenvalue weighted by Gasteiger charge is 2.15. The first kappa shape index (κ1) is 16.9. The maximum absolute atomic E-state index is 13.8. The number of benzene rings is 1. The van der Waals surface area contributed by atoms with Crippen molar-refractivity contribution in [3.05, 3.63) is 29.6 Å². The predicted molar refractivity (Wildman–Crippen MR) is 79.4 cm³/mol. The van der Waals surface area contributed by atoms with Crippen LogP contribution in [0.1, 0.15) is 39.7 Å². The van der Waals surface area contributed by atoms with E-state index in [9.17, 15) is 9.50 Å². The number of hydrogen-bond acceptors (Lipinski definition) is 3. The van der Waals surface area contributed by atoms with Gasteiger partial charge in [0.15, 0.2) is 11.6 Å². The molecule has 0 amide bonds. The molecular weight excluding hydrogens is 257 g/mol. The summed E-state index contributed by atoms with van der Waals surface area (Å²) in [6.07, 6.45) is 0.459. The van der Waals surface area contributed by atoms with Gasteiger partial charge in [-0.15, -0.1) is 0 Å². The Morgan fingerprint density at radius 2 is 2.05 bits per heavy atom. The number of hydrogen-bond donors (Lipinski definition) is 2. The van der Waals surface area contributed by atoms with Crippen molar-refractivity contribution in [1.29, 1.82) is 0 Å². The van der Waals surface area contributed by atoms with Crippen LogP contribution in [0.2, 0.25) is 0 Å². The highest BCUT2D eigenvalue weighted by atomic mass is 19.1. The summed E-state index contributed by atoms with van der Waals surface area (Å²) in [7, 11) is 0. The standard InChI is InChI=1S/C16H26FNO2/c1-12(2)10-18-11-13-6-5-7-14(17)15(13)20-9-8-16(3,4)19/h5-7,12,18-19H,8-11H2,1-4H3. The monoisotopic (exact) mass is 283 g/mol. The van der Waals surface area contributed by atoms with Crippen LogP contribution in [0.4, 0.5) is 4.39 Å². The lowest BCUT2D eigenvalue weighted by Gasteiger charge is -2.19. The number of aliphatic hydroxyl groups is 1. The van der Waals surface area contributed by atoms with E-state index in [4.69, 9.17) is 4.74 Å². The molecule has 0 aliphatic rings. The minimum absolute atomic E-state index is 0.285. The zero-order valence-electron chi connectivity index (χ0n) is 12.9. The molecule has 0 atom stereocenters. The zero-order valence-corrected chi connectivity index (χ0v) is 12.9. The molecular formula is C16H26FNO2. The van der Waals surface area contributed by atoms with Crippen LogP contribution >= 0.6 is 0 Å². The third-order valence-electron chi connectivity index (χ3n) is 2.88. The van der Waals surface area contributed by atoms with Gasteiger partial charge in [0.1, 0.15) is 0 Å². The van der Waals surface area contributed by atoms with Crippen LogP contribution in [0.3, 0.4) is 0 Å². The molecule has 2 N–H and O–H groups in total. The van der Waals surface area contributed by atoms with E-state index in [-0.39, 0.29) is 11.6 Å². The van der Waals surface area contributed by atoms with Crippen molar-refractivity contribution in [3.63, 3.8) is 0 Å². The van der Waals surface area contributed by atoms with Crippen LogP contribution < -0.4 is 10.1 Å². The molecule has 0 bridgehead atoms. The quantitative estimate of drug-likeness (QED) is 0.770. The molecule has 0 unspecified atom stereocenters. The Kier molecular flexibility index (Phi) is 6.43. The third-order valence-corrected chi connectivity index (χ3v) is 2.88. The molecule has 114 valence electrons. The summed E-state index contributed by atoms with van der Waals surface area (Å²) in [6, 6.07) is 4.94. The van der Waals surface area contributed by atoms with E-state index in [2.05, 4.69) is 19.2 Å². The van der Waals surface area contributed by atoms with Crippen molar-refractivity contribution in [2.45, 2.75) is 46.3 Å². The van der Waals surface area contributed by atoms with E-state index in [1.165, 1.54) is 6.07 Å². The second-order valence-electron chi connectivity index (χ2n) is 6.16. The number of rotatable bonds is 8. The Hall–Kier alpha value is -1.13. The molecule has 0 aromatic heterocycles. The summed E-state index contributed by atoms with van der Waals surface area (Å²) in [5, 5.41) is 12.9. The number of halogens is 1. The molecule has 4 heteroatoms. The lowest BCUT2D eigenvalue weighted by molar-refractivity contribution is 0.0545. The van der Waals surface area contributed by atoms with E-state index in [0.29, 0.717) is 25.5 Å². The average molecular weight is 283 g/mol. The van der Waals surface area contributed by atoms with Gasteiger partial charge in [0.05, 0.1) is 12.2 Å². The average Bonchev–Trinajstić information content (AvgIpc) is 2.30. The van der Waals surface area contributed by atoms with Gasteiger partial charge in [0, 0.05) is 18.5 Å². The van der Waals surface area contributed by atoms with E-state index >= 15 is 0 Å². The second-order valence-corrected chi connectivity index (χ2v) is 6.16. The van der Waals surface area contributed by atoms with Gasteiger partial charge in [-0.3, -0.25) is 0 Å². The van der Waals surface area contributed by atoms with Gasteiger partial charge in [-0.25, -0.2) is 4.39 Å². The molecule has 1 aromatic rings. The van der Waals surface area contributed by atoms with Crippen LogP contribution in [-0.4, -0.2) is 23.9 Å². The van der Waals surface area contributed by atoms with Gasteiger partial charge in [-0.2, -0.15) is 0 Å². The first-order valence-electron chi connectivity index (χ1n) is 7.13. The molecule has 1 rings (SSSR count). The fourth-order valence-corrected chi connectivity index (χ4v) is 1.75. The summed E-state index contributed by atoms with van der Waals surface area (Å²) < 4.78 is 19.4. The van der Waals surface area contributed by atoms with Crippen molar-refractivity contribution in [2.75, 3.05) is 13.2 Å². The lowest BCUT2D eigenvalue weighted by Crippen LogP contribution is -2.23. The predicted octanol–water partition coefficient (Wildman–Crippen LogP) is 3.11. The zero-order chi connectivity index (χ0) is 15.2. The molecule has 0 aliphatic carbocycles. The molecule has 0 radical (unpaired) electrons. The van der Waals surface area contributed by atoms with Crippen LogP contribution in [0.5, 0.6) is 5.75 Å². The van der Waals surface area contributed by atoms with Gasteiger partial charge < -0.3 is 15.2 Å². The Bertz CT molecular complexity index is 413. The second kappa shape index (κ2) is 7.60. The third kappa shape index (κ3) is 6.35. The molecule has 0 saturated heterocycles. The van der Waals surface area contributed by atoms with E-state index in [0.717, 1.165) is 12.1 Å². The molecule has 1 aromatic carbocycles. The number of para-hydroxylation sites is 1. The topological polar surface area (TPSA) is 41.5 Å². The maximum Gasteiger partial charge on any atom is 0.165 e. The summed E-state index contributed by atoms with van der Waals surface area (Å²) in [4.78, 5) is 0. The smallest absolute Gasteiger partial charge is 0.165 e. The Labute approximate surface area is 121 Å². The normalized spacial score (nSPS) is 11.9. The molecule has 0 spiro atoms. The Morgan fingerprint density at radius 1 is 1.35 bits per heavy atom. The summed E-state index contributed by atoms with van der Waals surface area (Å²) >= 11 is 0. The van der Waals surface area contributed by atoms with Crippen LogP contribution in [-0.2, 0) is 6.54 Å². The summed E-state index contributed by atoms with van der Waals surface area (Å²) in [6.45, 7) is 9.42. The van der Waals surface area contributed by atoms with Crippen LogP contribution in [0.15, 0.2) is 18.2 Å². The highest BCUT2D eigenvalue weighted by Crippen LogP contribution is 2.23. The SMILES string of the molecule is CC(C)CNCc1cccc(F)c1OCCC(C)(C)O. The number of ether oxygens (including phenoxy) is 1. The van der Waals surface area contributed by atoms with Crippen molar-refractivity contribution >= 4 is 0 Å². The van der Waals surface area contributed by atoms with E-state index in [1.54, 1.807) is 19.9 Å². The Morgan fingerprint density at radius 3 is 2.65 bits per heavy atom. The van der Waals surface area contributed by atoms with E-state index in [1.807, 2.05) is 6.07 Å². The molecule has 20 heavy (non-hydrogen) atoms. The number of nitrogens with one attached hydrogen (secondary N) is 1. The first-order chi connectivity index (χ1) is 9.29. The molecule has 0 saturated carbocycles. The van der Waals surface area contributed by atoms with Gasteiger partial charge in [-0.1, -0.05) is 26.0 Å². The minimum atomic E-state index is -0.804. The first-order valence-corrected chi connectivity index (χ1v) is 7.13. The molecule has 0 aliphatic heterocycles. The molecule has 0 fully saturated rings. The fourth-order valence-electron chi connectivity index (χ4n) is 1.75. The van der Waals surface area contributed by atoms with Crippen molar-refractivity contribution < 1.29 is 14.2 Å². The van der Waals surface area contributed by atoms with Crippen LogP contribution in [0, 0.1) is 11.7 Å². The molecule has 3 nitrogen and oxygen atoms in total. The van der Waals surface area contributed by atoms with Crippen molar-refractivity contribution in [3.8, 4) is 5.75 Å². The maximum atomic E-state index is 13.8.